The van der Waals surface area contributed by atoms with Crippen LogP contribution in [0.1, 0.15) is 6.42 Å². The van der Waals surface area contributed by atoms with Crippen LogP contribution in [0.3, 0.4) is 0 Å². The standard InChI is InChI=1S/C14H10F2N4O3/c15-8-3-9(16)5-11(4-8)23-13-17-6-10(7-18-13)20-2-1-12(21)19-14(20)22/h3-7H,1-2H2,(H,19,21,22). The molecule has 0 radical (unpaired) electrons. The van der Waals surface area contributed by atoms with Gasteiger partial charge in [0.25, 0.3) is 0 Å². The number of hydrogen-bond donors (Lipinski definition) is 1. The van der Waals surface area contributed by atoms with Gasteiger partial charge in [0.1, 0.15) is 17.4 Å². The summed E-state index contributed by atoms with van der Waals surface area (Å²) in [5.41, 5.74) is 0.368. The number of carbonyl (C=O) groups is 2. The minimum Gasteiger partial charge on any atom is -0.424 e. The summed E-state index contributed by atoms with van der Waals surface area (Å²) in [5.74, 6) is -2.01. The number of rotatable bonds is 3. The summed E-state index contributed by atoms with van der Waals surface area (Å²) in [7, 11) is 0. The summed E-state index contributed by atoms with van der Waals surface area (Å²) >= 11 is 0. The zero-order chi connectivity index (χ0) is 16.4. The average Bonchev–Trinajstić information content (AvgIpc) is 2.47. The molecule has 1 aromatic carbocycles. The Labute approximate surface area is 128 Å². The summed E-state index contributed by atoms with van der Waals surface area (Å²) in [5, 5.41) is 2.17. The average molecular weight is 320 g/mol. The second-order valence-electron chi connectivity index (χ2n) is 4.69. The van der Waals surface area contributed by atoms with Crippen LogP contribution in [-0.2, 0) is 4.79 Å². The molecule has 1 aromatic heterocycles. The second kappa shape index (κ2) is 5.95. The van der Waals surface area contributed by atoms with E-state index in [-0.39, 0.29) is 30.6 Å². The van der Waals surface area contributed by atoms with Crippen LogP contribution in [0.2, 0.25) is 0 Å². The van der Waals surface area contributed by atoms with E-state index in [0.29, 0.717) is 11.8 Å². The van der Waals surface area contributed by atoms with Gasteiger partial charge in [0.05, 0.1) is 18.1 Å². The molecule has 1 aliphatic rings. The van der Waals surface area contributed by atoms with Crippen LogP contribution < -0.4 is 15.0 Å². The summed E-state index contributed by atoms with van der Waals surface area (Å²) in [6.07, 6.45) is 2.80. The Bertz CT molecular complexity index is 747. The van der Waals surface area contributed by atoms with Gasteiger partial charge < -0.3 is 4.74 Å². The number of amides is 3. The lowest BCUT2D eigenvalue weighted by Crippen LogP contribution is -2.49. The van der Waals surface area contributed by atoms with Gasteiger partial charge in [-0.1, -0.05) is 0 Å². The largest absolute Gasteiger partial charge is 0.424 e. The third-order valence-electron chi connectivity index (χ3n) is 3.03. The Morgan fingerprint density at radius 2 is 1.74 bits per heavy atom. The summed E-state index contributed by atoms with van der Waals surface area (Å²) in [4.78, 5) is 31.8. The topological polar surface area (TPSA) is 84.4 Å². The fourth-order valence-corrected chi connectivity index (χ4v) is 2.00. The number of imide groups is 1. The van der Waals surface area contributed by atoms with Crippen molar-refractivity contribution in [3.8, 4) is 11.8 Å². The van der Waals surface area contributed by atoms with Crippen LogP contribution in [-0.4, -0.2) is 28.5 Å². The van der Waals surface area contributed by atoms with Gasteiger partial charge in [-0.25, -0.2) is 23.5 Å². The van der Waals surface area contributed by atoms with E-state index in [1.165, 1.54) is 17.3 Å². The minimum atomic E-state index is -0.786. The smallest absolute Gasteiger partial charge is 0.328 e. The van der Waals surface area contributed by atoms with E-state index in [1.807, 2.05) is 0 Å². The first kappa shape index (κ1) is 14.8. The molecule has 1 saturated heterocycles. The SMILES string of the molecule is O=C1CCN(c2cnc(Oc3cc(F)cc(F)c3)nc2)C(=O)N1. The molecule has 1 aliphatic heterocycles. The molecule has 9 heteroatoms. The van der Waals surface area contributed by atoms with Crippen molar-refractivity contribution < 1.29 is 23.1 Å². The molecule has 0 saturated carbocycles. The fourth-order valence-electron chi connectivity index (χ4n) is 2.00. The molecule has 2 heterocycles. The lowest BCUT2D eigenvalue weighted by molar-refractivity contribution is -0.120. The Morgan fingerprint density at radius 1 is 1.09 bits per heavy atom. The van der Waals surface area contributed by atoms with Crippen LogP contribution in [0.25, 0.3) is 0 Å². The number of nitrogens with one attached hydrogen (secondary N) is 1. The van der Waals surface area contributed by atoms with Gasteiger partial charge in [-0.3, -0.25) is 15.0 Å². The molecule has 118 valence electrons. The van der Waals surface area contributed by atoms with Crippen LogP contribution in [0, 0.1) is 11.6 Å². The normalized spacial score (nSPS) is 14.6. The Kier molecular flexibility index (Phi) is 3.83. The predicted molar refractivity (Wildman–Crippen MR) is 74.0 cm³/mol. The Balaban J connectivity index is 1.74. The Hall–Kier alpha value is -3.10. The number of nitrogens with zero attached hydrogens (tertiary/aromatic N) is 3. The van der Waals surface area contributed by atoms with E-state index in [0.717, 1.165) is 12.1 Å². The van der Waals surface area contributed by atoms with Gasteiger partial charge in [-0.15, -0.1) is 0 Å². The molecule has 0 bridgehead atoms. The first-order chi connectivity index (χ1) is 11.0. The van der Waals surface area contributed by atoms with Gasteiger partial charge in [-0.2, -0.15) is 0 Å². The number of anilines is 1. The van der Waals surface area contributed by atoms with Crippen molar-refractivity contribution in [3.05, 3.63) is 42.2 Å². The monoisotopic (exact) mass is 320 g/mol. The zero-order valence-electron chi connectivity index (χ0n) is 11.6. The van der Waals surface area contributed by atoms with Crippen LogP contribution >= 0.6 is 0 Å². The van der Waals surface area contributed by atoms with Gasteiger partial charge >= 0.3 is 12.0 Å². The minimum absolute atomic E-state index is 0.0865. The van der Waals surface area contributed by atoms with Crippen molar-refractivity contribution in [2.45, 2.75) is 6.42 Å². The maximum Gasteiger partial charge on any atom is 0.328 e. The maximum absolute atomic E-state index is 13.1. The van der Waals surface area contributed by atoms with Gasteiger partial charge in [0.15, 0.2) is 0 Å². The summed E-state index contributed by atoms with van der Waals surface area (Å²) in [6, 6.07) is 2.00. The zero-order valence-corrected chi connectivity index (χ0v) is 11.6. The lowest BCUT2D eigenvalue weighted by atomic mass is 10.3. The van der Waals surface area contributed by atoms with E-state index in [9.17, 15) is 18.4 Å². The molecular weight excluding hydrogens is 310 g/mol. The van der Waals surface area contributed by atoms with Crippen molar-refractivity contribution in [2.24, 2.45) is 0 Å². The lowest BCUT2D eigenvalue weighted by Gasteiger charge is -2.25. The summed E-state index contributed by atoms with van der Waals surface area (Å²) in [6.45, 7) is 0.212. The number of benzene rings is 1. The highest BCUT2D eigenvalue weighted by Gasteiger charge is 2.24. The van der Waals surface area contributed by atoms with Crippen molar-refractivity contribution >= 4 is 17.6 Å². The third kappa shape index (κ3) is 3.39. The molecule has 7 nitrogen and oxygen atoms in total. The number of aromatic nitrogens is 2. The van der Waals surface area contributed by atoms with E-state index < -0.39 is 17.7 Å². The van der Waals surface area contributed by atoms with E-state index in [1.54, 1.807) is 0 Å². The molecule has 1 fully saturated rings. The van der Waals surface area contributed by atoms with Crippen LogP contribution in [0.5, 0.6) is 11.8 Å². The molecular formula is C14H10F2N4O3. The van der Waals surface area contributed by atoms with E-state index in [4.69, 9.17) is 4.74 Å². The van der Waals surface area contributed by atoms with Gasteiger partial charge in [0, 0.05) is 31.2 Å². The molecule has 1 N–H and O–H groups in total. The van der Waals surface area contributed by atoms with E-state index >= 15 is 0 Å². The Morgan fingerprint density at radius 3 is 2.35 bits per heavy atom. The van der Waals surface area contributed by atoms with Crippen molar-refractivity contribution in [2.75, 3.05) is 11.4 Å². The highest BCUT2D eigenvalue weighted by atomic mass is 19.1. The number of carbonyl (C=O) groups excluding carboxylic acids is 2. The highest BCUT2D eigenvalue weighted by Crippen LogP contribution is 2.22. The maximum atomic E-state index is 13.1. The van der Waals surface area contributed by atoms with Crippen molar-refractivity contribution in [3.63, 3.8) is 0 Å². The molecule has 0 atom stereocenters. The molecule has 0 spiro atoms. The molecule has 2 aromatic rings. The van der Waals surface area contributed by atoms with Gasteiger partial charge in [-0.05, 0) is 0 Å². The highest BCUT2D eigenvalue weighted by molar-refractivity contribution is 6.05. The van der Waals surface area contributed by atoms with Gasteiger partial charge in [0.2, 0.25) is 5.91 Å². The number of halogens is 2. The molecule has 0 unspecified atom stereocenters. The summed E-state index contributed by atoms with van der Waals surface area (Å²) < 4.78 is 31.3. The number of hydrogen-bond acceptors (Lipinski definition) is 5. The number of ether oxygens (including phenoxy) is 1. The fraction of sp³-hybridized carbons (Fsp3) is 0.143. The quantitative estimate of drug-likeness (QED) is 0.935. The van der Waals surface area contributed by atoms with Crippen molar-refractivity contribution in [1.29, 1.82) is 0 Å². The van der Waals surface area contributed by atoms with Crippen molar-refractivity contribution in [1.82, 2.24) is 15.3 Å². The molecule has 3 rings (SSSR count). The molecule has 23 heavy (non-hydrogen) atoms. The van der Waals surface area contributed by atoms with Crippen LogP contribution in [0.4, 0.5) is 19.3 Å². The first-order valence-electron chi connectivity index (χ1n) is 6.58. The second-order valence-corrected chi connectivity index (χ2v) is 4.69. The predicted octanol–water partition coefficient (Wildman–Crippen LogP) is 1.99. The van der Waals surface area contributed by atoms with E-state index in [2.05, 4.69) is 15.3 Å². The first-order valence-corrected chi connectivity index (χ1v) is 6.58. The molecule has 3 amide bonds. The molecule has 0 aliphatic carbocycles. The number of urea groups is 1. The van der Waals surface area contributed by atoms with Crippen LogP contribution in [0.15, 0.2) is 30.6 Å². The third-order valence-corrected chi connectivity index (χ3v) is 3.03.